The molecule has 20 heavy (non-hydrogen) atoms. The van der Waals surface area contributed by atoms with E-state index in [0.717, 1.165) is 44.7 Å². The van der Waals surface area contributed by atoms with Gasteiger partial charge in [0, 0.05) is 24.7 Å². The molecule has 1 aliphatic heterocycles. The molecule has 1 atom stereocenters. The highest BCUT2D eigenvalue weighted by molar-refractivity contribution is 6.31. The van der Waals surface area contributed by atoms with Crippen molar-refractivity contribution in [3.63, 3.8) is 0 Å². The van der Waals surface area contributed by atoms with E-state index in [0.29, 0.717) is 17.4 Å². The number of benzene rings is 1. The first-order valence-corrected chi connectivity index (χ1v) is 7.67. The maximum atomic E-state index is 12.4. The number of ether oxygens (including phenoxy) is 1. The molecule has 2 rings (SSSR count). The molecule has 0 aliphatic carbocycles. The first-order chi connectivity index (χ1) is 9.70. The summed E-state index contributed by atoms with van der Waals surface area (Å²) < 4.78 is 5.48. The number of hydrogen-bond acceptors (Lipinski definition) is 2. The molecule has 0 N–H and O–H groups in total. The minimum atomic E-state index is 0.166. The summed E-state index contributed by atoms with van der Waals surface area (Å²) in [5.74, 6) is 0.637. The Balaban J connectivity index is 1.90. The minimum Gasteiger partial charge on any atom is -0.381 e. The lowest BCUT2D eigenvalue weighted by atomic mass is 9.98. The second-order valence-electron chi connectivity index (χ2n) is 5.28. The van der Waals surface area contributed by atoms with Gasteiger partial charge in [0.1, 0.15) is 0 Å². The van der Waals surface area contributed by atoms with Crippen LogP contribution in [0.25, 0.3) is 0 Å². The molecule has 1 amide bonds. The Bertz CT molecular complexity index is 450. The van der Waals surface area contributed by atoms with Crippen LogP contribution >= 0.6 is 11.6 Å². The summed E-state index contributed by atoms with van der Waals surface area (Å²) in [7, 11) is 0. The van der Waals surface area contributed by atoms with E-state index >= 15 is 0 Å². The van der Waals surface area contributed by atoms with Crippen molar-refractivity contribution < 1.29 is 9.53 Å². The molecular formula is C16H22ClNO2. The summed E-state index contributed by atoms with van der Waals surface area (Å²) in [6.07, 6.45) is 2.60. The fraction of sp³-hybridized carbons (Fsp3) is 0.562. The standard InChI is InChI=1S/C16H22ClNO2/c1-2-20-12-13-6-5-9-18(11-13)16(19)10-14-7-3-4-8-15(14)17/h3-4,7-8,13H,2,5-6,9-12H2,1H3. The van der Waals surface area contributed by atoms with Crippen molar-refractivity contribution in [3.05, 3.63) is 34.9 Å². The number of carbonyl (C=O) groups excluding carboxylic acids is 1. The minimum absolute atomic E-state index is 0.166. The molecule has 0 radical (unpaired) electrons. The van der Waals surface area contributed by atoms with Gasteiger partial charge in [0.2, 0.25) is 5.91 Å². The van der Waals surface area contributed by atoms with Crippen LogP contribution in [0.5, 0.6) is 0 Å². The molecule has 1 unspecified atom stereocenters. The number of carbonyl (C=O) groups is 1. The molecule has 1 heterocycles. The molecule has 0 aromatic heterocycles. The Kier molecular flexibility index (Phi) is 5.86. The SMILES string of the molecule is CCOCC1CCCN(C(=O)Cc2ccccc2Cl)C1. The average molecular weight is 296 g/mol. The number of halogens is 1. The molecule has 0 spiro atoms. The van der Waals surface area contributed by atoms with Crippen LogP contribution in [0.1, 0.15) is 25.3 Å². The van der Waals surface area contributed by atoms with Crippen LogP contribution in [0.2, 0.25) is 5.02 Å². The van der Waals surface area contributed by atoms with E-state index in [1.54, 1.807) is 0 Å². The first kappa shape index (κ1) is 15.3. The van der Waals surface area contributed by atoms with Crippen LogP contribution in [0.4, 0.5) is 0 Å². The molecule has 0 saturated carbocycles. The van der Waals surface area contributed by atoms with Crippen LogP contribution in [-0.2, 0) is 16.0 Å². The Hall–Kier alpha value is -1.06. The molecule has 1 saturated heterocycles. The molecule has 110 valence electrons. The smallest absolute Gasteiger partial charge is 0.227 e. The second kappa shape index (κ2) is 7.65. The number of piperidine rings is 1. The van der Waals surface area contributed by atoms with Crippen molar-refractivity contribution in [3.8, 4) is 0 Å². The van der Waals surface area contributed by atoms with Gasteiger partial charge in [-0.15, -0.1) is 0 Å². The molecule has 3 nitrogen and oxygen atoms in total. The summed E-state index contributed by atoms with van der Waals surface area (Å²) in [4.78, 5) is 14.3. The van der Waals surface area contributed by atoms with Gasteiger partial charge in [-0.2, -0.15) is 0 Å². The van der Waals surface area contributed by atoms with Gasteiger partial charge in [-0.1, -0.05) is 29.8 Å². The summed E-state index contributed by atoms with van der Waals surface area (Å²) >= 11 is 6.11. The predicted octanol–water partition coefficient (Wildman–Crippen LogP) is 3.16. The van der Waals surface area contributed by atoms with E-state index in [1.807, 2.05) is 36.1 Å². The third kappa shape index (κ3) is 4.22. The van der Waals surface area contributed by atoms with Gasteiger partial charge in [-0.3, -0.25) is 4.79 Å². The molecule has 1 fully saturated rings. The van der Waals surface area contributed by atoms with Gasteiger partial charge in [-0.25, -0.2) is 0 Å². The molecule has 1 aliphatic rings. The molecule has 0 bridgehead atoms. The monoisotopic (exact) mass is 295 g/mol. The molecular weight excluding hydrogens is 274 g/mol. The summed E-state index contributed by atoms with van der Waals surface area (Å²) in [6.45, 7) is 5.16. The number of nitrogens with zero attached hydrogens (tertiary/aromatic N) is 1. The van der Waals surface area contributed by atoms with E-state index < -0.39 is 0 Å². The van der Waals surface area contributed by atoms with E-state index in [2.05, 4.69) is 0 Å². The Morgan fingerprint density at radius 2 is 2.25 bits per heavy atom. The zero-order valence-electron chi connectivity index (χ0n) is 12.0. The fourth-order valence-corrected chi connectivity index (χ4v) is 2.83. The van der Waals surface area contributed by atoms with Crippen LogP contribution in [0.15, 0.2) is 24.3 Å². The van der Waals surface area contributed by atoms with Crippen LogP contribution in [0.3, 0.4) is 0 Å². The topological polar surface area (TPSA) is 29.5 Å². The summed E-state index contributed by atoms with van der Waals surface area (Å²) in [5, 5.41) is 0.670. The number of hydrogen-bond donors (Lipinski definition) is 0. The zero-order chi connectivity index (χ0) is 14.4. The van der Waals surface area contributed by atoms with Gasteiger partial charge in [-0.05, 0) is 37.3 Å². The van der Waals surface area contributed by atoms with E-state index in [4.69, 9.17) is 16.3 Å². The van der Waals surface area contributed by atoms with Crippen LogP contribution in [0, 0.1) is 5.92 Å². The highest BCUT2D eigenvalue weighted by Crippen LogP contribution is 2.20. The number of amides is 1. The number of likely N-dealkylation sites (tertiary alicyclic amines) is 1. The van der Waals surface area contributed by atoms with Crippen LogP contribution < -0.4 is 0 Å². The lowest BCUT2D eigenvalue weighted by Crippen LogP contribution is -2.42. The van der Waals surface area contributed by atoms with E-state index in [1.165, 1.54) is 0 Å². The maximum Gasteiger partial charge on any atom is 0.227 e. The highest BCUT2D eigenvalue weighted by atomic mass is 35.5. The number of rotatable bonds is 5. The molecule has 4 heteroatoms. The van der Waals surface area contributed by atoms with Crippen molar-refractivity contribution in [1.82, 2.24) is 4.90 Å². The Morgan fingerprint density at radius 3 is 3.00 bits per heavy atom. The molecule has 1 aromatic carbocycles. The van der Waals surface area contributed by atoms with Gasteiger partial charge < -0.3 is 9.64 Å². The molecule has 1 aromatic rings. The predicted molar refractivity (Wildman–Crippen MR) is 81.0 cm³/mol. The van der Waals surface area contributed by atoms with Gasteiger partial charge in [0.25, 0.3) is 0 Å². The van der Waals surface area contributed by atoms with Crippen molar-refractivity contribution in [2.75, 3.05) is 26.3 Å². The first-order valence-electron chi connectivity index (χ1n) is 7.29. The van der Waals surface area contributed by atoms with Gasteiger partial charge in [0.05, 0.1) is 13.0 Å². The van der Waals surface area contributed by atoms with Crippen molar-refractivity contribution >= 4 is 17.5 Å². The van der Waals surface area contributed by atoms with Crippen molar-refractivity contribution in [2.24, 2.45) is 5.92 Å². The highest BCUT2D eigenvalue weighted by Gasteiger charge is 2.24. The summed E-state index contributed by atoms with van der Waals surface area (Å²) in [6, 6.07) is 7.55. The van der Waals surface area contributed by atoms with Crippen molar-refractivity contribution in [2.45, 2.75) is 26.2 Å². The van der Waals surface area contributed by atoms with Crippen LogP contribution in [-0.4, -0.2) is 37.1 Å². The lowest BCUT2D eigenvalue weighted by Gasteiger charge is -2.32. The van der Waals surface area contributed by atoms with Gasteiger partial charge in [0.15, 0.2) is 0 Å². The van der Waals surface area contributed by atoms with E-state index in [-0.39, 0.29) is 5.91 Å². The Morgan fingerprint density at radius 1 is 1.45 bits per heavy atom. The largest absolute Gasteiger partial charge is 0.381 e. The van der Waals surface area contributed by atoms with E-state index in [9.17, 15) is 4.79 Å². The Labute approximate surface area is 125 Å². The lowest BCUT2D eigenvalue weighted by molar-refractivity contribution is -0.132. The summed E-state index contributed by atoms with van der Waals surface area (Å²) in [5.41, 5.74) is 0.908. The normalized spacial score (nSPS) is 19.1. The second-order valence-corrected chi connectivity index (χ2v) is 5.68. The zero-order valence-corrected chi connectivity index (χ0v) is 12.7. The quantitative estimate of drug-likeness (QED) is 0.835. The maximum absolute atomic E-state index is 12.4. The van der Waals surface area contributed by atoms with Gasteiger partial charge >= 0.3 is 0 Å². The fourth-order valence-electron chi connectivity index (χ4n) is 2.63. The third-order valence-electron chi connectivity index (χ3n) is 3.73. The van der Waals surface area contributed by atoms with Crippen molar-refractivity contribution in [1.29, 1.82) is 0 Å². The average Bonchev–Trinajstić information content (AvgIpc) is 2.48. The third-order valence-corrected chi connectivity index (χ3v) is 4.10.